The van der Waals surface area contributed by atoms with Gasteiger partial charge in [0.25, 0.3) is 11.6 Å². The molecule has 2 N–H and O–H groups in total. The van der Waals surface area contributed by atoms with Crippen LogP contribution in [0.5, 0.6) is 5.75 Å². The molecule has 9 heteroatoms. The summed E-state index contributed by atoms with van der Waals surface area (Å²) in [6, 6.07) is 10.7. The Morgan fingerprint density at radius 2 is 2.07 bits per heavy atom. The number of nitrogens with one attached hydrogen (secondary N) is 2. The molecule has 0 bridgehead atoms. The van der Waals surface area contributed by atoms with Crippen LogP contribution in [0.1, 0.15) is 5.56 Å². The number of nitriles is 1. The molecule has 0 atom stereocenters. The van der Waals surface area contributed by atoms with Crippen molar-refractivity contribution in [3.8, 4) is 11.8 Å². The first kappa shape index (κ1) is 19.8. The molecule has 0 saturated carbocycles. The maximum absolute atomic E-state index is 12.3. The van der Waals surface area contributed by atoms with Crippen molar-refractivity contribution >= 4 is 34.6 Å². The van der Waals surface area contributed by atoms with Gasteiger partial charge in [0.15, 0.2) is 0 Å². The van der Waals surface area contributed by atoms with Gasteiger partial charge in [-0.25, -0.2) is 0 Å². The number of non-ortho nitro benzene ring substituents is 1. The average molecular weight is 387 g/mol. The standard InChI is InChI=1S/C18H15ClN4O4/c1-11-3-4-13(7-15(11)19)22-18(24)12(9-20)10-21-16-8-14(23(25)26)5-6-17(16)27-2/h3-8,10,21H,1-2H3,(H,22,24)/b12-10-. The Kier molecular flexibility index (Phi) is 6.36. The molecule has 0 spiro atoms. The highest BCUT2D eigenvalue weighted by molar-refractivity contribution is 6.31. The Morgan fingerprint density at radius 1 is 1.33 bits per heavy atom. The largest absolute Gasteiger partial charge is 0.495 e. The Labute approximate surface area is 160 Å². The fraction of sp³-hybridized carbons (Fsp3) is 0.111. The minimum Gasteiger partial charge on any atom is -0.495 e. The lowest BCUT2D eigenvalue weighted by molar-refractivity contribution is -0.384. The third kappa shape index (κ3) is 4.96. The quantitative estimate of drug-likeness (QED) is 0.335. The number of nitro groups is 1. The van der Waals surface area contributed by atoms with E-state index in [0.29, 0.717) is 16.5 Å². The van der Waals surface area contributed by atoms with Crippen molar-refractivity contribution in [2.24, 2.45) is 0 Å². The fourth-order valence-electron chi connectivity index (χ4n) is 2.09. The van der Waals surface area contributed by atoms with Crippen molar-refractivity contribution in [1.29, 1.82) is 5.26 Å². The van der Waals surface area contributed by atoms with Crippen LogP contribution in [0.15, 0.2) is 48.2 Å². The minimum atomic E-state index is -0.658. The van der Waals surface area contributed by atoms with Crippen LogP contribution in [0, 0.1) is 28.4 Å². The lowest BCUT2D eigenvalue weighted by atomic mass is 10.2. The molecule has 2 aromatic carbocycles. The van der Waals surface area contributed by atoms with E-state index in [-0.39, 0.29) is 16.9 Å². The van der Waals surface area contributed by atoms with Crippen LogP contribution in [0.4, 0.5) is 17.1 Å². The molecule has 0 radical (unpaired) electrons. The number of nitrogens with zero attached hydrogens (tertiary/aromatic N) is 2. The molecule has 0 aliphatic rings. The van der Waals surface area contributed by atoms with E-state index in [4.69, 9.17) is 16.3 Å². The number of anilines is 2. The van der Waals surface area contributed by atoms with Gasteiger partial charge in [0, 0.05) is 29.0 Å². The van der Waals surface area contributed by atoms with E-state index < -0.39 is 10.8 Å². The molecule has 27 heavy (non-hydrogen) atoms. The first-order chi connectivity index (χ1) is 12.8. The van der Waals surface area contributed by atoms with Gasteiger partial charge in [0.1, 0.15) is 17.4 Å². The molecular formula is C18H15ClN4O4. The van der Waals surface area contributed by atoms with Crippen LogP contribution in [0.25, 0.3) is 0 Å². The summed E-state index contributed by atoms with van der Waals surface area (Å²) < 4.78 is 5.11. The molecule has 1 amide bonds. The number of carbonyl (C=O) groups excluding carboxylic acids is 1. The Balaban J connectivity index is 2.22. The van der Waals surface area contributed by atoms with Crippen LogP contribution >= 0.6 is 11.6 Å². The van der Waals surface area contributed by atoms with Crippen molar-refractivity contribution in [1.82, 2.24) is 0 Å². The average Bonchev–Trinajstić information content (AvgIpc) is 2.65. The molecular weight excluding hydrogens is 372 g/mol. The summed E-state index contributed by atoms with van der Waals surface area (Å²) in [5.41, 5.74) is 1.13. The Bertz CT molecular complexity index is 966. The highest BCUT2D eigenvalue weighted by Crippen LogP contribution is 2.29. The van der Waals surface area contributed by atoms with Gasteiger partial charge >= 0.3 is 0 Å². The number of nitro benzene ring substituents is 1. The van der Waals surface area contributed by atoms with E-state index >= 15 is 0 Å². The second-order valence-corrected chi connectivity index (χ2v) is 5.78. The molecule has 0 heterocycles. The first-order valence-corrected chi connectivity index (χ1v) is 8.00. The predicted molar refractivity (Wildman–Crippen MR) is 102 cm³/mol. The number of benzene rings is 2. The van der Waals surface area contributed by atoms with E-state index in [0.717, 1.165) is 11.8 Å². The summed E-state index contributed by atoms with van der Waals surface area (Å²) in [4.78, 5) is 22.6. The summed E-state index contributed by atoms with van der Waals surface area (Å²) in [6.45, 7) is 1.82. The highest BCUT2D eigenvalue weighted by atomic mass is 35.5. The van der Waals surface area contributed by atoms with E-state index in [2.05, 4.69) is 10.6 Å². The zero-order valence-corrected chi connectivity index (χ0v) is 15.2. The second kappa shape index (κ2) is 8.69. The molecule has 0 aliphatic carbocycles. The van der Waals surface area contributed by atoms with Crippen molar-refractivity contribution < 1.29 is 14.5 Å². The van der Waals surface area contributed by atoms with Crippen molar-refractivity contribution in [2.45, 2.75) is 6.92 Å². The maximum Gasteiger partial charge on any atom is 0.271 e. The first-order valence-electron chi connectivity index (χ1n) is 7.62. The van der Waals surface area contributed by atoms with Gasteiger partial charge in [-0.2, -0.15) is 5.26 Å². The molecule has 0 fully saturated rings. The summed E-state index contributed by atoms with van der Waals surface area (Å²) >= 11 is 6.01. The SMILES string of the molecule is COc1ccc([N+](=O)[O-])cc1N/C=C(/C#N)C(=O)Nc1ccc(C)c(Cl)c1. The molecule has 8 nitrogen and oxygen atoms in total. The number of methoxy groups -OCH3 is 1. The van der Waals surface area contributed by atoms with Gasteiger partial charge in [-0.1, -0.05) is 17.7 Å². The van der Waals surface area contributed by atoms with Crippen molar-refractivity contribution in [3.05, 3.63) is 68.9 Å². The third-order valence-electron chi connectivity index (χ3n) is 3.56. The number of hydrogen-bond acceptors (Lipinski definition) is 6. The number of carbonyl (C=O) groups is 1. The van der Waals surface area contributed by atoms with Gasteiger partial charge < -0.3 is 15.4 Å². The molecule has 0 aromatic heterocycles. The van der Waals surface area contributed by atoms with Crippen LogP contribution in [-0.4, -0.2) is 17.9 Å². The van der Waals surface area contributed by atoms with Crippen LogP contribution in [0.3, 0.4) is 0 Å². The Hall–Kier alpha value is -3.57. The van der Waals surface area contributed by atoms with Gasteiger partial charge in [-0.3, -0.25) is 14.9 Å². The monoisotopic (exact) mass is 386 g/mol. The van der Waals surface area contributed by atoms with Gasteiger partial charge in [-0.05, 0) is 30.7 Å². The Morgan fingerprint density at radius 3 is 2.67 bits per heavy atom. The van der Waals surface area contributed by atoms with Crippen molar-refractivity contribution in [2.75, 3.05) is 17.7 Å². The zero-order valence-electron chi connectivity index (χ0n) is 14.4. The zero-order chi connectivity index (χ0) is 20.0. The van der Waals surface area contributed by atoms with E-state index in [9.17, 15) is 20.2 Å². The number of aryl methyl sites for hydroxylation is 1. The maximum atomic E-state index is 12.3. The lowest BCUT2D eigenvalue weighted by Gasteiger charge is -2.09. The van der Waals surface area contributed by atoms with E-state index in [1.807, 2.05) is 6.92 Å². The highest BCUT2D eigenvalue weighted by Gasteiger charge is 2.13. The van der Waals surface area contributed by atoms with E-state index in [1.165, 1.54) is 25.3 Å². The number of hydrogen-bond donors (Lipinski definition) is 2. The summed E-state index contributed by atoms with van der Waals surface area (Å²) in [7, 11) is 1.40. The molecule has 138 valence electrons. The normalized spacial score (nSPS) is 10.7. The third-order valence-corrected chi connectivity index (χ3v) is 3.97. The second-order valence-electron chi connectivity index (χ2n) is 5.37. The minimum absolute atomic E-state index is 0.163. The van der Waals surface area contributed by atoms with Gasteiger partial charge in [0.2, 0.25) is 0 Å². The fourth-order valence-corrected chi connectivity index (χ4v) is 2.27. The van der Waals surface area contributed by atoms with Crippen LogP contribution in [0.2, 0.25) is 5.02 Å². The number of amides is 1. The summed E-state index contributed by atoms with van der Waals surface area (Å²) in [5.74, 6) is -0.339. The topological polar surface area (TPSA) is 117 Å². The molecule has 0 unspecified atom stereocenters. The summed E-state index contributed by atoms with van der Waals surface area (Å²) in [6.07, 6.45) is 1.15. The molecule has 0 aliphatic heterocycles. The lowest BCUT2D eigenvalue weighted by Crippen LogP contribution is -2.14. The molecule has 0 saturated heterocycles. The predicted octanol–water partition coefficient (Wildman–Crippen LogP) is 4.02. The van der Waals surface area contributed by atoms with Gasteiger partial charge in [-0.15, -0.1) is 0 Å². The van der Waals surface area contributed by atoms with Gasteiger partial charge in [0.05, 0.1) is 17.7 Å². The van der Waals surface area contributed by atoms with Crippen molar-refractivity contribution in [3.63, 3.8) is 0 Å². The van der Waals surface area contributed by atoms with Crippen LogP contribution in [-0.2, 0) is 4.79 Å². The number of rotatable bonds is 6. The smallest absolute Gasteiger partial charge is 0.271 e. The summed E-state index contributed by atoms with van der Waals surface area (Å²) in [5, 5.41) is 25.9. The van der Waals surface area contributed by atoms with Crippen LogP contribution < -0.4 is 15.4 Å². The number of halogens is 1. The molecule has 2 aromatic rings. The number of ether oxygens (including phenoxy) is 1. The molecule has 2 rings (SSSR count). The van der Waals surface area contributed by atoms with E-state index in [1.54, 1.807) is 24.3 Å².